The molecule has 0 heterocycles. The lowest BCUT2D eigenvalue weighted by atomic mass is 10.1. The number of anilines is 2. The molecule has 2 aromatic carbocycles. The molecule has 2 aromatic rings. The summed E-state index contributed by atoms with van der Waals surface area (Å²) in [5.74, 6) is -0.553. The SMILES string of the molecule is CC(C)(C)OC(=O)Nc1ccccc1NC(=O)c1ccc(CNC(=O)CCC=O)cc1. The average molecular weight is 425 g/mol. The predicted octanol–water partition coefficient (Wildman–Crippen LogP) is 3.88. The fraction of sp³-hybridized carbons (Fsp3) is 0.304. The maximum atomic E-state index is 12.6. The number of hydrogen-bond donors (Lipinski definition) is 3. The number of para-hydroxylation sites is 2. The summed E-state index contributed by atoms with van der Waals surface area (Å²) >= 11 is 0. The standard InChI is InChI=1S/C23H27N3O5/c1-23(2,3)31-22(30)26-19-8-5-4-7-18(19)25-21(29)17-12-10-16(11-13-17)15-24-20(28)9-6-14-27/h4-5,7-8,10-14H,6,9,15H2,1-3H3,(H,24,28)(H,25,29)(H,26,30). The van der Waals surface area contributed by atoms with E-state index in [4.69, 9.17) is 4.74 Å². The van der Waals surface area contributed by atoms with E-state index in [-0.39, 0.29) is 24.7 Å². The van der Waals surface area contributed by atoms with Gasteiger partial charge in [-0.1, -0.05) is 24.3 Å². The van der Waals surface area contributed by atoms with Crippen molar-refractivity contribution in [3.63, 3.8) is 0 Å². The zero-order valence-electron chi connectivity index (χ0n) is 17.9. The van der Waals surface area contributed by atoms with Gasteiger partial charge in [0.1, 0.15) is 11.9 Å². The smallest absolute Gasteiger partial charge is 0.412 e. The Hall–Kier alpha value is -3.68. The molecule has 0 spiro atoms. The summed E-state index contributed by atoms with van der Waals surface area (Å²) in [6.07, 6.45) is 0.429. The Morgan fingerprint density at radius 3 is 2.13 bits per heavy atom. The minimum Gasteiger partial charge on any atom is -0.444 e. The maximum absolute atomic E-state index is 12.6. The largest absolute Gasteiger partial charge is 0.444 e. The van der Waals surface area contributed by atoms with Crippen molar-refractivity contribution in [1.82, 2.24) is 5.32 Å². The van der Waals surface area contributed by atoms with E-state index in [1.807, 2.05) is 0 Å². The molecule has 3 N–H and O–H groups in total. The molecule has 0 saturated carbocycles. The van der Waals surface area contributed by atoms with Gasteiger partial charge in [-0.05, 0) is 50.6 Å². The Balaban J connectivity index is 1.98. The van der Waals surface area contributed by atoms with Gasteiger partial charge in [-0.25, -0.2) is 4.79 Å². The van der Waals surface area contributed by atoms with Crippen molar-refractivity contribution in [2.45, 2.75) is 45.8 Å². The van der Waals surface area contributed by atoms with Gasteiger partial charge in [0, 0.05) is 24.9 Å². The quantitative estimate of drug-likeness (QED) is 0.556. The molecule has 0 saturated heterocycles. The maximum Gasteiger partial charge on any atom is 0.412 e. The molecule has 0 aliphatic rings. The van der Waals surface area contributed by atoms with Crippen LogP contribution < -0.4 is 16.0 Å². The molecule has 0 aromatic heterocycles. The number of nitrogens with one attached hydrogen (secondary N) is 3. The fourth-order valence-corrected chi connectivity index (χ4v) is 2.56. The second kappa shape index (κ2) is 10.9. The molecule has 0 bridgehead atoms. The fourth-order valence-electron chi connectivity index (χ4n) is 2.56. The number of carbonyl (C=O) groups excluding carboxylic acids is 4. The lowest BCUT2D eigenvalue weighted by Gasteiger charge is -2.20. The van der Waals surface area contributed by atoms with Crippen LogP contribution in [0.3, 0.4) is 0 Å². The van der Waals surface area contributed by atoms with Gasteiger partial charge in [0.15, 0.2) is 0 Å². The molecule has 0 atom stereocenters. The highest BCUT2D eigenvalue weighted by atomic mass is 16.6. The summed E-state index contributed by atoms with van der Waals surface area (Å²) in [6, 6.07) is 13.6. The van der Waals surface area contributed by atoms with Crippen LogP contribution >= 0.6 is 0 Å². The van der Waals surface area contributed by atoms with E-state index in [1.165, 1.54) is 0 Å². The first-order valence-corrected chi connectivity index (χ1v) is 9.87. The van der Waals surface area contributed by atoms with Crippen LogP contribution in [0.1, 0.15) is 49.5 Å². The Morgan fingerprint density at radius 1 is 0.935 bits per heavy atom. The van der Waals surface area contributed by atoms with E-state index in [9.17, 15) is 19.2 Å². The summed E-state index contributed by atoms with van der Waals surface area (Å²) in [5.41, 5.74) is 1.45. The second-order valence-corrected chi connectivity index (χ2v) is 7.81. The highest BCUT2D eigenvalue weighted by molar-refractivity contribution is 6.06. The van der Waals surface area contributed by atoms with E-state index in [2.05, 4.69) is 16.0 Å². The van der Waals surface area contributed by atoms with E-state index in [0.29, 0.717) is 29.8 Å². The van der Waals surface area contributed by atoms with Crippen molar-refractivity contribution in [2.24, 2.45) is 0 Å². The lowest BCUT2D eigenvalue weighted by molar-refractivity contribution is -0.122. The third kappa shape index (κ3) is 8.30. The van der Waals surface area contributed by atoms with Gasteiger partial charge in [-0.2, -0.15) is 0 Å². The Kier molecular flexibility index (Phi) is 8.31. The van der Waals surface area contributed by atoms with Crippen molar-refractivity contribution in [2.75, 3.05) is 10.6 Å². The van der Waals surface area contributed by atoms with Crippen LogP contribution in [-0.2, 0) is 20.9 Å². The van der Waals surface area contributed by atoms with Crippen LogP contribution in [0.15, 0.2) is 48.5 Å². The van der Waals surface area contributed by atoms with Crippen molar-refractivity contribution in [1.29, 1.82) is 0 Å². The molecule has 0 unspecified atom stereocenters. The first kappa shape index (κ1) is 23.6. The van der Waals surface area contributed by atoms with Crippen molar-refractivity contribution in [3.8, 4) is 0 Å². The van der Waals surface area contributed by atoms with Gasteiger partial charge >= 0.3 is 6.09 Å². The van der Waals surface area contributed by atoms with Crippen LogP contribution in [0.25, 0.3) is 0 Å². The van der Waals surface area contributed by atoms with Crippen LogP contribution in [-0.4, -0.2) is 29.8 Å². The molecule has 0 aliphatic heterocycles. The third-order valence-electron chi connectivity index (χ3n) is 4.01. The molecule has 8 nitrogen and oxygen atoms in total. The zero-order valence-corrected chi connectivity index (χ0v) is 17.9. The van der Waals surface area contributed by atoms with Crippen molar-refractivity contribution in [3.05, 3.63) is 59.7 Å². The predicted molar refractivity (Wildman–Crippen MR) is 118 cm³/mol. The molecule has 0 aliphatic carbocycles. The third-order valence-corrected chi connectivity index (χ3v) is 4.01. The Labute approximate surface area is 181 Å². The average Bonchev–Trinajstić information content (AvgIpc) is 2.71. The van der Waals surface area contributed by atoms with Gasteiger partial charge in [-0.15, -0.1) is 0 Å². The summed E-state index contributed by atoms with van der Waals surface area (Å²) < 4.78 is 5.25. The summed E-state index contributed by atoms with van der Waals surface area (Å²) in [5, 5.41) is 8.13. The Morgan fingerprint density at radius 2 is 1.55 bits per heavy atom. The number of aldehydes is 1. The number of rotatable bonds is 8. The molecule has 0 fully saturated rings. The van der Waals surface area contributed by atoms with Crippen LogP contribution in [0, 0.1) is 0 Å². The van der Waals surface area contributed by atoms with Crippen molar-refractivity contribution < 1.29 is 23.9 Å². The van der Waals surface area contributed by atoms with Crippen molar-refractivity contribution >= 4 is 35.6 Å². The molecule has 164 valence electrons. The van der Waals surface area contributed by atoms with E-state index in [0.717, 1.165) is 5.56 Å². The van der Waals surface area contributed by atoms with E-state index < -0.39 is 11.7 Å². The summed E-state index contributed by atoms with van der Waals surface area (Å²) in [4.78, 5) is 46.5. The second-order valence-electron chi connectivity index (χ2n) is 7.81. The molecule has 2 rings (SSSR count). The highest BCUT2D eigenvalue weighted by Crippen LogP contribution is 2.23. The van der Waals surface area contributed by atoms with Gasteiger partial charge in [0.25, 0.3) is 5.91 Å². The summed E-state index contributed by atoms with van der Waals surface area (Å²) in [7, 11) is 0. The molecular weight excluding hydrogens is 398 g/mol. The Bertz CT molecular complexity index is 933. The number of ether oxygens (including phenoxy) is 1. The van der Waals surface area contributed by atoms with Crippen LogP contribution in [0.2, 0.25) is 0 Å². The topological polar surface area (TPSA) is 114 Å². The minimum absolute atomic E-state index is 0.154. The first-order chi connectivity index (χ1) is 14.7. The zero-order chi connectivity index (χ0) is 22.9. The van der Waals surface area contributed by atoms with Gasteiger partial charge in [0.2, 0.25) is 5.91 Å². The highest BCUT2D eigenvalue weighted by Gasteiger charge is 2.18. The number of carbonyl (C=O) groups is 4. The van der Waals surface area contributed by atoms with Gasteiger partial charge < -0.3 is 20.2 Å². The lowest BCUT2D eigenvalue weighted by Crippen LogP contribution is -2.27. The monoisotopic (exact) mass is 425 g/mol. The molecule has 31 heavy (non-hydrogen) atoms. The number of hydrogen-bond acceptors (Lipinski definition) is 5. The summed E-state index contributed by atoms with van der Waals surface area (Å²) in [6.45, 7) is 5.60. The van der Waals surface area contributed by atoms with Crippen LogP contribution in [0.5, 0.6) is 0 Å². The first-order valence-electron chi connectivity index (χ1n) is 9.87. The normalized spacial score (nSPS) is 10.7. The van der Waals surface area contributed by atoms with E-state index in [1.54, 1.807) is 69.3 Å². The molecule has 0 radical (unpaired) electrons. The minimum atomic E-state index is -0.641. The number of amides is 3. The molecule has 3 amide bonds. The number of benzene rings is 2. The van der Waals surface area contributed by atoms with Crippen LogP contribution in [0.4, 0.5) is 16.2 Å². The van der Waals surface area contributed by atoms with E-state index >= 15 is 0 Å². The molecule has 8 heteroatoms. The van der Waals surface area contributed by atoms with Gasteiger partial charge in [0.05, 0.1) is 11.4 Å². The molecular formula is C23H27N3O5. The van der Waals surface area contributed by atoms with Gasteiger partial charge in [-0.3, -0.25) is 14.9 Å².